The van der Waals surface area contributed by atoms with E-state index in [4.69, 9.17) is 5.73 Å². The molecule has 0 saturated carbocycles. The number of anilines is 2. The maximum Gasteiger partial charge on any atom is 0.239 e. The summed E-state index contributed by atoms with van der Waals surface area (Å²) >= 11 is 0. The van der Waals surface area contributed by atoms with Gasteiger partial charge in [-0.1, -0.05) is 0 Å². The number of nitrogens with one attached hydrogen (secondary N) is 2. The van der Waals surface area contributed by atoms with Crippen molar-refractivity contribution in [2.45, 2.75) is 0 Å². The van der Waals surface area contributed by atoms with Crippen LogP contribution < -0.4 is 16.4 Å². The average Bonchev–Trinajstić information content (AvgIpc) is 2.16. The van der Waals surface area contributed by atoms with Gasteiger partial charge in [0.2, 0.25) is 5.91 Å². The molecular weight excluding hydrogens is 168 g/mol. The molecule has 0 saturated heterocycles. The molecule has 0 fully saturated rings. The zero-order valence-corrected chi connectivity index (χ0v) is 7.37. The van der Waals surface area contributed by atoms with Crippen LogP contribution in [-0.4, -0.2) is 24.5 Å². The fourth-order valence-electron chi connectivity index (χ4n) is 0.832. The van der Waals surface area contributed by atoms with E-state index in [1.807, 2.05) is 0 Å². The molecule has 0 bridgehead atoms. The highest BCUT2D eigenvalue weighted by atomic mass is 16.1. The molecule has 1 heterocycles. The maximum absolute atomic E-state index is 10.9. The van der Waals surface area contributed by atoms with Crippen molar-refractivity contribution >= 4 is 17.3 Å². The number of rotatable bonds is 3. The molecule has 5 heteroatoms. The van der Waals surface area contributed by atoms with Gasteiger partial charge < -0.3 is 16.4 Å². The van der Waals surface area contributed by atoms with Gasteiger partial charge in [-0.3, -0.25) is 9.78 Å². The van der Waals surface area contributed by atoms with E-state index in [0.717, 1.165) is 5.69 Å². The number of nitrogens with zero attached hydrogens (tertiary/aromatic N) is 1. The van der Waals surface area contributed by atoms with Crippen LogP contribution >= 0.6 is 0 Å². The Labute approximate surface area is 76.3 Å². The summed E-state index contributed by atoms with van der Waals surface area (Å²) in [4.78, 5) is 14.7. The number of carbonyl (C=O) groups is 1. The van der Waals surface area contributed by atoms with Crippen molar-refractivity contribution in [2.24, 2.45) is 0 Å². The molecule has 1 amide bonds. The highest BCUT2D eigenvalue weighted by Crippen LogP contribution is 2.13. The molecule has 0 aliphatic rings. The van der Waals surface area contributed by atoms with Crippen LogP contribution in [0.25, 0.3) is 0 Å². The Morgan fingerprint density at radius 3 is 3.08 bits per heavy atom. The Morgan fingerprint density at radius 1 is 1.69 bits per heavy atom. The maximum atomic E-state index is 10.9. The number of pyridine rings is 1. The van der Waals surface area contributed by atoms with Crippen LogP contribution in [0.5, 0.6) is 0 Å². The van der Waals surface area contributed by atoms with Gasteiger partial charge in [-0.2, -0.15) is 0 Å². The lowest BCUT2D eigenvalue weighted by Gasteiger charge is -2.06. The molecule has 1 rings (SSSR count). The van der Waals surface area contributed by atoms with Gasteiger partial charge in [0.1, 0.15) is 0 Å². The first-order valence-corrected chi connectivity index (χ1v) is 3.88. The van der Waals surface area contributed by atoms with Crippen molar-refractivity contribution in [3.8, 4) is 0 Å². The third kappa shape index (κ3) is 2.62. The molecule has 0 radical (unpaired) electrons. The lowest BCUT2D eigenvalue weighted by Crippen LogP contribution is -2.26. The summed E-state index contributed by atoms with van der Waals surface area (Å²) in [6.45, 7) is 0.213. The third-order valence-corrected chi connectivity index (χ3v) is 1.57. The van der Waals surface area contributed by atoms with E-state index in [1.165, 1.54) is 6.20 Å². The largest absolute Gasteiger partial charge is 0.396 e. The second-order valence-corrected chi connectivity index (χ2v) is 2.49. The summed E-state index contributed by atoms with van der Waals surface area (Å²) < 4.78 is 0. The Hall–Kier alpha value is -1.78. The van der Waals surface area contributed by atoms with Crippen molar-refractivity contribution in [3.05, 3.63) is 18.5 Å². The van der Waals surface area contributed by atoms with Gasteiger partial charge in [0.25, 0.3) is 0 Å². The van der Waals surface area contributed by atoms with Gasteiger partial charge >= 0.3 is 0 Å². The van der Waals surface area contributed by atoms with Crippen LogP contribution in [0.1, 0.15) is 0 Å². The van der Waals surface area contributed by atoms with Crippen LogP contribution in [0.3, 0.4) is 0 Å². The van der Waals surface area contributed by atoms with E-state index in [2.05, 4.69) is 15.6 Å². The molecule has 0 atom stereocenters. The van der Waals surface area contributed by atoms with Gasteiger partial charge in [0.05, 0.1) is 24.1 Å². The number of amides is 1. The summed E-state index contributed by atoms with van der Waals surface area (Å²) in [5, 5.41) is 5.38. The van der Waals surface area contributed by atoms with Gasteiger partial charge in [0.15, 0.2) is 0 Å². The molecule has 4 N–H and O–H groups in total. The Kier molecular flexibility index (Phi) is 3.08. The van der Waals surface area contributed by atoms with E-state index >= 15 is 0 Å². The van der Waals surface area contributed by atoms with E-state index in [9.17, 15) is 4.79 Å². The van der Waals surface area contributed by atoms with Crippen molar-refractivity contribution in [1.29, 1.82) is 0 Å². The van der Waals surface area contributed by atoms with Crippen molar-refractivity contribution in [3.63, 3.8) is 0 Å². The van der Waals surface area contributed by atoms with Gasteiger partial charge in [-0.25, -0.2) is 0 Å². The molecular formula is C8H12N4O. The average molecular weight is 180 g/mol. The first kappa shape index (κ1) is 9.31. The highest BCUT2D eigenvalue weighted by Gasteiger charge is 1.99. The summed E-state index contributed by atoms with van der Waals surface area (Å²) in [5.41, 5.74) is 6.85. The Bertz CT molecular complexity index is 300. The van der Waals surface area contributed by atoms with E-state index < -0.39 is 0 Å². The molecule has 0 aromatic carbocycles. The molecule has 0 unspecified atom stereocenters. The molecule has 0 spiro atoms. The zero-order valence-electron chi connectivity index (χ0n) is 7.37. The fraction of sp³-hybridized carbons (Fsp3) is 0.250. The first-order valence-electron chi connectivity index (χ1n) is 3.88. The number of carbonyl (C=O) groups excluding carboxylic acids is 1. The van der Waals surface area contributed by atoms with Gasteiger partial charge in [-0.05, 0) is 6.07 Å². The lowest BCUT2D eigenvalue weighted by atomic mass is 10.3. The molecule has 13 heavy (non-hydrogen) atoms. The SMILES string of the molecule is CNC(=O)CNc1ccncc1N. The molecule has 0 aliphatic heterocycles. The zero-order chi connectivity index (χ0) is 9.68. The molecule has 1 aromatic heterocycles. The standard InChI is InChI=1S/C8H12N4O/c1-10-8(13)5-12-7-2-3-11-4-6(7)9/h2-4H,5,9H2,1H3,(H,10,13)(H,11,12). The van der Waals surface area contributed by atoms with Crippen LogP contribution in [0.15, 0.2) is 18.5 Å². The molecule has 70 valence electrons. The smallest absolute Gasteiger partial charge is 0.239 e. The quantitative estimate of drug-likeness (QED) is 0.603. The number of hydrogen-bond acceptors (Lipinski definition) is 4. The van der Waals surface area contributed by atoms with Crippen molar-refractivity contribution in [1.82, 2.24) is 10.3 Å². The predicted molar refractivity (Wildman–Crippen MR) is 51.2 cm³/mol. The van der Waals surface area contributed by atoms with Crippen LogP contribution in [0.4, 0.5) is 11.4 Å². The van der Waals surface area contributed by atoms with E-state index in [0.29, 0.717) is 5.69 Å². The second kappa shape index (κ2) is 4.30. The Balaban J connectivity index is 2.54. The normalized spacial score (nSPS) is 9.31. The van der Waals surface area contributed by atoms with Crippen molar-refractivity contribution < 1.29 is 4.79 Å². The number of likely N-dealkylation sites (N-methyl/N-ethyl adjacent to an activating group) is 1. The van der Waals surface area contributed by atoms with Crippen LogP contribution in [0, 0.1) is 0 Å². The second-order valence-electron chi connectivity index (χ2n) is 2.49. The monoisotopic (exact) mass is 180 g/mol. The number of hydrogen-bond donors (Lipinski definition) is 3. The number of nitrogens with two attached hydrogens (primary N) is 1. The van der Waals surface area contributed by atoms with E-state index in [-0.39, 0.29) is 12.5 Å². The number of aromatic nitrogens is 1. The Morgan fingerprint density at radius 2 is 2.46 bits per heavy atom. The minimum Gasteiger partial charge on any atom is -0.396 e. The molecule has 5 nitrogen and oxygen atoms in total. The van der Waals surface area contributed by atoms with Crippen LogP contribution in [0.2, 0.25) is 0 Å². The molecule has 0 aliphatic carbocycles. The van der Waals surface area contributed by atoms with Crippen LogP contribution in [-0.2, 0) is 4.79 Å². The minimum absolute atomic E-state index is 0.0868. The summed E-state index contributed by atoms with van der Waals surface area (Å²) in [7, 11) is 1.58. The third-order valence-electron chi connectivity index (χ3n) is 1.57. The van der Waals surface area contributed by atoms with Gasteiger partial charge in [-0.15, -0.1) is 0 Å². The predicted octanol–water partition coefficient (Wildman–Crippen LogP) is -0.178. The minimum atomic E-state index is -0.0868. The summed E-state index contributed by atoms with van der Waals surface area (Å²) in [6.07, 6.45) is 3.15. The molecule has 1 aromatic rings. The fourth-order valence-corrected chi connectivity index (χ4v) is 0.832. The number of nitrogen functional groups attached to an aromatic ring is 1. The summed E-state index contributed by atoms with van der Waals surface area (Å²) in [5.74, 6) is -0.0868. The first-order chi connectivity index (χ1) is 6.24. The topological polar surface area (TPSA) is 80.0 Å². The van der Waals surface area contributed by atoms with E-state index in [1.54, 1.807) is 19.3 Å². The highest BCUT2D eigenvalue weighted by molar-refractivity contribution is 5.81. The summed E-state index contributed by atoms with van der Waals surface area (Å²) in [6, 6.07) is 1.72. The van der Waals surface area contributed by atoms with Crippen molar-refractivity contribution in [2.75, 3.05) is 24.6 Å². The van der Waals surface area contributed by atoms with Gasteiger partial charge in [0, 0.05) is 13.2 Å². The lowest BCUT2D eigenvalue weighted by molar-refractivity contribution is -0.118.